The largest absolute Gasteiger partial charge is 0.490 e. The van der Waals surface area contributed by atoms with Gasteiger partial charge < -0.3 is 24.5 Å². The molecule has 0 radical (unpaired) electrons. The Morgan fingerprint density at radius 2 is 1.45 bits per heavy atom. The van der Waals surface area contributed by atoms with E-state index in [1.165, 1.54) is 0 Å². The first-order valence-corrected chi connectivity index (χ1v) is 12.8. The van der Waals surface area contributed by atoms with Crippen LogP contribution in [0.2, 0.25) is 0 Å². The van der Waals surface area contributed by atoms with E-state index >= 15 is 0 Å². The molecule has 0 spiro atoms. The second kappa shape index (κ2) is 12.8. The second-order valence-electron chi connectivity index (χ2n) is 9.08. The van der Waals surface area contributed by atoms with Gasteiger partial charge in [-0.3, -0.25) is 14.4 Å². The van der Waals surface area contributed by atoms with E-state index in [1.807, 2.05) is 6.92 Å². The minimum Gasteiger partial charge on any atom is -0.490 e. The van der Waals surface area contributed by atoms with Crippen molar-refractivity contribution in [1.29, 1.82) is 0 Å². The normalized spacial score (nSPS) is 16.9. The summed E-state index contributed by atoms with van der Waals surface area (Å²) in [7, 11) is 0. The van der Waals surface area contributed by atoms with Crippen molar-refractivity contribution >= 4 is 17.8 Å². The van der Waals surface area contributed by atoms with Crippen LogP contribution in [0, 0.1) is 12.8 Å². The van der Waals surface area contributed by atoms with Gasteiger partial charge in [-0.15, -0.1) is 10.2 Å². The molecule has 200 valence electrons. The number of hydrogen-bond donors (Lipinski definition) is 2. The zero-order valence-corrected chi connectivity index (χ0v) is 21.6. The van der Waals surface area contributed by atoms with Crippen LogP contribution >= 0.6 is 0 Å². The molecule has 10 heteroatoms. The van der Waals surface area contributed by atoms with E-state index in [0.717, 1.165) is 31.2 Å². The topological polar surface area (TPSA) is 133 Å². The van der Waals surface area contributed by atoms with Crippen molar-refractivity contribution in [2.24, 2.45) is 5.92 Å². The first kappa shape index (κ1) is 26.8. The average molecular weight is 521 g/mol. The van der Waals surface area contributed by atoms with Gasteiger partial charge in [0.15, 0.2) is 0 Å². The zero-order chi connectivity index (χ0) is 26.9. The Kier molecular flexibility index (Phi) is 9.07. The number of amides is 2. The van der Waals surface area contributed by atoms with Crippen LogP contribution in [0.15, 0.2) is 52.9 Å². The lowest BCUT2D eigenvalue weighted by atomic mass is 9.87. The number of aryl methyl sites for hydroxylation is 1. The molecule has 10 nitrogen and oxygen atoms in total. The van der Waals surface area contributed by atoms with Crippen LogP contribution < -0.4 is 15.4 Å². The van der Waals surface area contributed by atoms with Gasteiger partial charge in [0, 0.05) is 36.7 Å². The van der Waals surface area contributed by atoms with Crippen LogP contribution in [-0.2, 0) is 9.53 Å². The molecule has 2 amide bonds. The van der Waals surface area contributed by atoms with Crippen molar-refractivity contribution in [2.75, 3.05) is 19.7 Å². The zero-order valence-electron chi connectivity index (χ0n) is 21.6. The molecule has 1 aliphatic rings. The van der Waals surface area contributed by atoms with Gasteiger partial charge in [0.25, 0.3) is 11.8 Å². The monoisotopic (exact) mass is 520 g/mol. The van der Waals surface area contributed by atoms with Crippen molar-refractivity contribution in [2.45, 2.75) is 45.6 Å². The molecule has 1 fully saturated rings. The summed E-state index contributed by atoms with van der Waals surface area (Å²) in [5.41, 5.74) is 1.72. The third kappa shape index (κ3) is 7.18. The van der Waals surface area contributed by atoms with Gasteiger partial charge in [-0.25, -0.2) is 0 Å². The average Bonchev–Trinajstić information content (AvgIpc) is 3.38. The SMILES string of the molecule is CCOC(=O)[C@H]1CC[C@@H](Oc2ccc(C(=O)NCCNC(=O)c3ccc(-c4nnc(C)o4)cc3)cc2)CC1. The Bertz CT molecular complexity index is 1230. The summed E-state index contributed by atoms with van der Waals surface area (Å²) in [6.45, 7) is 4.50. The number of nitrogens with one attached hydrogen (secondary N) is 2. The van der Waals surface area contributed by atoms with Crippen molar-refractivity contribution in [3.63, 3.8) is 0 Å². The summed E-state index contributed by atoms with van der Waals surface area (Å²) in [4.78, 5) is 36.7. The third-order valence-corrected chi connectivity index (χ3v) is 6.33. The van der Waals surface area contributed by atoms with Crippen LogP contribution in [0.4, 0.5) is 0 Å². The number of carbonyl (C=O) groups is 3. The van der Waals surface area contributed by atoms with Crippen molar-refractivity contribution in [3.05, 3.63) is 65.5 Å². The molecule has 1 aromatic heterocycles. The molecule has 0 bridgehead atoms. The Balaban J connectivity index is 1.16. The third-order valence-electron chi connectivity index (χ3n) is 6.33. The molecule has 2 N–H and O–H groups in total. The summed E-state index contributed by atoms with van der Waals surface area (Å²) in [6.07, 6.45) is 3.14. The van der Waals surface area contributed by atoms with Crippen LogP contribution in [0.3, 0.4) is 0 Å². The van der Waals surface area contributed by atoms with Gasteiger partial charge in [0.2, 0.25) is 11.8 Å². The van der Waals surface area contributed by atoms with Crippen LogP contribution in [0.25, 0.3) is 11.5 Å². The molecule has 38 heavy (non-hydrogen) atoms. The lowest BCUT2D eigenvalue weighted by Gasteiger charge is -2.27. The molecule has 4 rings (SSSR count). The minimum absolute atomic E-state index is 0.0433. The standard InChI is InChI=1S/C28H32N4O6/c1-3-36-28(35)22-10-14-24(15-11-22)38-23-12-8-20(9-13-23)26(34)30-17-16-29-25(33)19-4-6-21(7-5-19)27-32-31-18(2)37-27/h4-9,12-13,22,24H,3,10-11,14-17H2,1-2H3,(H,29,33)(H,30,34)/t22-,24+. The van der Waals surface area contributed by atoms with Crippen LogP contribution in [0.5, 0.6) is 5.75 Å². The lowest BCUT2D eigenvalue weighted by molar-refractivity contribution is -0.149. The lowest BCUT2D eigenvalue weighted by Crippen LogP contribution is -2.34. The number of hydrogen-bond acceptors (Lipinski definition) is 8. The van der Waals surface area contributed by atoms with Gasteiger partial charge in [-0.1, -0.05) is 0 Å². The number of esters is 1. The van der Waals surface area contributed by atoms with E-state index in [9.17, 15) is 14.4 Å². The fraction of sp³-hybridized carbons (Fsp3) is 0.393. The predicted molar refractivity (Wildman–Crippen MR) is 139 cm³/mol. The summed E-state index contributed by atoms with van der Waals surface area (Å²) in [5, 5.41) is 13.3. The highest BCUT2D eigenvalue weighted by Crippen LogP contribution is 2.28. The van der Waals surface area contributed by atoms with Crippen LogP contribution in [0.1, 0.15) is 59.2 Å². The maximum absolute atomic E-state index is 12.5. The number of nitrogens with zero attached hydrogens (tertiary/aromatic N) is 2. The highest BCUT2D eigenvalue weighted by atomic mass is 16.5. The molecule has 0 unspecified atom stereocenters. The van der Waals surface area contributed by atoms with Crippen LogP contribution in [-0.4, -0.2) is 53.8 Å². The molecule has 0 atom stereocenters. The number of rotatable bonds is 10. The van der Waals surface area contributed by atoms with E-state index in [4.69, 9.17) is 13.9 Å². The van der Waals surface area contributed by atoms with Gasteiger partial charge >= 0.3 is 5.97 Å². The Morgan fingerprint density at radius 3 is 1.97 bits per heavy atom. The Morgan fingerprint density at radius 1 is 0.868 bits per heavy atom. The maximum Gasteiger partial charge on any atom is 0.308 e. The molecule has 3 aromatic rings. The van der Waals surface area contributed by atoms with Crippen molar-refractivity contribution in [3.8, 4) is 17.2 Å². The van der Waals surface area contributed by atoms with Gasteiger partial charge in [0.1, 0.15) is 5.75 Å². The van der Waals surface area contributed by atoms with Gasteiger partial charge in [-0.2, -0.15) is 0 Å². The molecule has 1 aliphatic carbocycles. The number of carbonyl (C=O) groups excluding carboxylic acids is 3. The van der Waals surface area contributed by atoms with E-state index in [-0.39, 0.29) is 42.9 Å². The van der Waals surface area contributed by atoms with E-state index < -0.39 is 0 Å². The maximum atomic E-state index is 12.5. The first-order valence-electron chi connectivity index (χ1n) is 12.8. The highest BCUT2D eigenvalue weighted by molar-refractivity contribution is 5.95. The summed E-state index contributed by atoms with van der Waals surface area (Å²) in [6, 6.07) is 13.8. The van der Waals surface area contributed by atoms with E-state index in [2.05, 4.69) is 20.8 Å². The second-order valence-corrected chi connectivity index (χ2v) is 9.08. The Labute approximate surface area is 221 Å². The number of ether oxygens (including phenoxy) is 2. The van der Waals surface area contributed by atoms with Crippen molar-refractivity contribution < 1.29 is 28.3 Å². The first-order chi connectivity index (χ1) is 18.4. The van der Waals surface area contributed by atoms with E-state index in [1.54, 1.807) is 55.5 Å². The fourth-order valence-corrected chi connectivity index (χ4v) is 4.29. The molecule has 0 saturated heterocycles. The summed E-state index contributed by atoms with van der Waals surface area (Å²) < 4.78 is 16.5. The number of aromatic nitrogens is 2. The number of benzene rings is 2. The van der Waals surface area contributed by atoms with Gasteiger partial charge in [0.05, 0.1) is 18.6 Å². The molecule has 1 heterocycles. The highest BCUT2D eigenvalue weighted by Gasteiger charge is 2.28. The molecule has 0 aliphatic heterocycles. The van der Waals surface area contributed by atoms with Gasteiger partial charge in [-0.05, 0) is 81.1 Å². The fourth-order valence-electron chi connectivity index (χ4n) is 4.29. The Hall–Kier alpha value is -4.21. The summed E-state index contributed by atoms with van der Waals surface area (Å²) >= 11 is 0. The van der Waals surface area contributed by atoms with E-state index in [0.29, 0.717) is 35.3 Å². The molecule has 1 saturated carbocycles. The van der Waals surface area contributed by atoms with Crippen molar-refractivity contribution in [1.82, 2.24) is 20.8 Å². The quantitative estimate of drug-likeness (QED) is 0.305. The molecular formula is C28H32N4O6. The molecule has 2 aromatic carbocycles. The minimum atomic E-state index is -0.245. The molecular weight excluding hydrogens is 488 g/mol. The summed E-state index contributed by atoms with van der Waals surface area (Å²) in [5.74, 6) is 0.915. The predicted octanol–water partition coefficient (Wildman–Crippen LogP) is 3.71. The smallest absolute Gasteiger partial charge is 0.308 e.